The minimum absolute atomic E-state index is 0.212. The standard InChI is InChI=1S/C16H20F2N2S/c1-11-4-6-16(7-5-11)10-21-15(20-16)19-9-12-2-3-13(17)14(18)8-12/h2-3,8,11H,4-7,9-10H2,1H3,(H,19,20). The van der Waals surface area contributed by atoms with Crippen LogP contribution in [-0.4, -0.2) is 16.5 Å². The first kappa shape index (κ1) is 14.8. The number of hydrogen-bond acceptors (Lipinski definition) is 2. The van der Waals surface area contributed by atoms with Crippen molar-refractivity contribution in [2.75, 3.05) is 5.75 Å². The van der Waals surface area contributed by atoms with Crippen molar-refractivity contribution in [2.24, 2.45) is 10.9 Å². The maximum atomic E-state index is 13.2. The smallest absolute Gasteiger partial charge is 0.159 e. The zero-order valence-electron chi connectivity index (χ0n) is 12.2. The molecule has 2 nitrogen and oxygen atoms in total. The first-order chi connectivity index (χ1) is 10.1. The highest BCUT2D eigenvalue weighted by atomic mass is 32.2. The Morgan fingerprint density at radius 3 is 2.76 bits per heavy atom. The summed E-state index contributed by atoms with van der Waals surface area (Å²) < 4.78 is 26.0. The third-order valence-corrected chi connectivity index (χ3v) is 5.68. The summed E-state index contributed by atoms with van der Waals surface area (Å²) in [5, 5.41) is 4.51. The predicted molar refractivity (Wildman–Crippen MR) is 83.5 cm³/mol. The van der Waals surface area contributed by atoms with Gasteiger partial charge in [0.2, 0.25) is 0 Å². The largest absolute Gasteiger partial charge is 0.359 e. The van der Waals surface area contributed by atoms with Crippen LogP contribution < -0.4 is 5.32 Å². The van der Waals surface area contributed by atoms with Gasteiger partial charge in [0.15, 0.2) is 16.8 Å². The van der Waals surface area contributed by atoms with Gasteiger partial charge in [-0.1, -0.05) is 24.8 Å². The zero-order valence-corrected chi connectivity index (χ0v) is 13.0. The maximum absolute atomic E-state index is 13.2. The van der Waals surface area contributed by atoms with Gasteiger partial charge in [-0.2, -0.15) is 0 Å². The van der Waals surface area contributed by atoms with E-state index in [1.165, 1.54) is 31.7 Å². The maximum Gasteiger partial charge on any atom is 0.159 e. The molecule has 1 saturated carbocycles. The van der Waals surface area contributed by atoms with Crippen LogP contribution in [0.25, 0.3) is 0 Å². The third kappa shape index (κ3) is 3.39. The van der Waals surface area contributed by atoms with Crippen molar-refractivity contribution in [1.29, 1.82) is 0 Å². The molecule has 1 aromatic rings. The van der Waals surface area contributed by atoms with Gasteiger partial charge in [-0.05, 0) is 49.3 Å². The molecule has 3 rings (SSSR count). The summed E-state index contributed by atoms with van der Waals surface area (Å²) in [7, 11) is 0. The number of aliphatic imine (C=N–C) groups is 1. The minimum Gasteiger partial charge on any atom is -0.359 e. The van der Waals surface area contributed by atoms with Gasteiger partial charge in [-0.25, -0.2) is 8.78 Å². The molecule has 5 heteroatoms. The van der Waals surface area contributed by atoms with Crippen molar-refractivity contribution in [1.82, 2.24) is 5.32 Å². The van der Waals surface area contributed by atoms with Crippen LogP contribution in [-0.2, 0) is 6.54 Å². The second-order valence-corrected chi connectivity index (χ2v) is 7.21. The second kappa shape index (κ2) is 5.95. The van der Waals surface area contributed by atoms with Crippen molar-refractivity contribution >= 4 is 16.9 Å². The Kier molecular flexibility index (Phi) is 4.20. The molecular weight excluding hydrogens is 290 g/mol. The van der Waals surface area contributed by atoms with E-state index in [2.05, 4.69) is 17.2 Å². The monoisotopic (exact) mass is 310 g/mol. The van der Waals surface area contributed by atoms with Crippen LogP contribution in [0.15, 0.2) is 23.2 Å². The van der Waals surface area contributed by atoms with Gasteiger partial charge < -0.3 is 5.32 Å². The van der Waals surface area contributed by atoms with E-state index in [0.717, 1.165) is 22.9 Å². The number of benzene rings is 1. The van der Waals surface area contributed by atoms with E-state index in [0.29, 0.717) is 12.1 Å². The normalized spacial score (nSPS) is 30.8. The molecule has 0 radical (unpaired) electrons. The average molecular weight is 310 g/mol. The van der Waals surface area contributed by atoms with Crippen LogP contribution in [0.1, 0.15) is 38.2 Å². The van der Waals surface area contributed by atoms with E-state index in [1.807, 2.05) is 0 Å². The fourth-order valence-electron chi connectivity index (χ4n) is 2.98. The van der Waals surface area contributed by atoms with Crippen LogP contribution >= 0.6 is 11.8 Å². The van der Waals surface area contributed by atoms with Crippen molar-refractivity contribution in [2.45, 2.75) is 44.7 Å². The van der Waals surface area contributed by atoms with Crippen molar-refractivity contribution in [3.63, 3.8) is 0 Å². The van der Waals surface area contributed by atoms with E-state index in [-0.39, 0.29) is 5.54 Å². The van der Waals surface area contributed by atoms with E-state index >= 15 is 0 Å². The van der Waals surface area contributed by atoms with Gasteiger partial charge in [0.1, 0.15) is 0 Å². The number of rotatable bonds is 2. The van der Waals surface area contributed by atoms with E-state index in [4.69, 9.17) is 0 Å². The molecule has 114 valence electrons. The summed E-state index contributed by atoms with van der Waals surface area (Å²) in [5.74, 6) is 0.272. The van der Waals surface area contributed by atoms with Crippen LogP contribution in [0.4, 0.5) is 8.78 Å². The van der Waals surface area contributed by atoms with Gasteiger partial charge in [0.05, 0.1) is 6.54 Å². The molecule has 0 bridgehead atoms. The number of nitrogens with zero attached hydrogens (tertiary/aromatic N) is 1. The molecular formula is C16H20F2N2S. The molecule has 0 aromatic heterocycles. The molecule has 1 heterocycles. The lowest BCUT2D eigenvalue weighted by molar-refractivity contribution is 0.251. The summed E-state index contributed by atoms with van der Waals surface area (Å²) >= 11 is 1.75. The Morgan fingerprint density at radius 2 is 2.05 bits per heavy atom. The quantitative estimate of drug-likeness (QED) is 0.889. The Balaban J connectivity index is 1.62. The molecule has 2 fully saturated rings. The van der Waals surface area contributed by atoms with Gasteiger partial charge in [-0.3, -0.25) is 4.99 Å². The topological polar surface area (TPSA) is 24.4 Å². The molecule has 0 amide bonds. The number of hydrogen-bond donors (Lipinski definition) is 1. The molecule has 0 unspecified atom stereocenters. The SMILES string of the molecule is CC1CCC2(CC1)CSC(=NCc1ccc(F)c(F)c1)N2. The summed E-state index contributed by atoms with van der Waals surface area (Å²) in [5.41, 5.74) is 0.909. The number of nitrogens with one attached hydrogen (secondary N) is 1. The summed E-state index contributed by atoms with van der Waals surface area (Å²) in [6.07, 6.45) is 4.94. The molecule has 1 aromatic carbocycles. The first-order valence-electron chi connectivity index (χ1n) is 7.46. The number of halogens is 2. The van der Waals surface area contributed by atoms with Crippen LogP contribution in [0.2, 0.25) is 0 Å². The summed E-state index contributed by atoms with van der Waals surface area (Å²) in [6, 6.07) is 3.96. The lowest BCUT2D eigenvalue weighted by Gasteiger charge is -2.35. The van der Waals surface area contributed by atoms with Gasteiger partial charge in [-0.15, -0.1) is 0 Å². The lowest BCUT2D eigenvalue weighted by atomic mass is 9.78. The van der Waals surface area contributed by atoms with Crippen molar-refractivity contribution in [3.8, 4) is 0 Å². The molecule has 1 aliphatic heterocycles. The molecule has 1 saturated heterocycles. The Bertz CT molecular complexity index is 551. The fraction of sp³-hybridized carbons (Fsp3) is 0.562. The van der Waals surface area contributed by atoms with Crippen LogP contribution in [0, 0.1) is 17.6 Å². The molecule has 2 aliphatic rings. The number of thioether (sulfide) groups is 1. The Hall–Kier alpha value is -1.10. The Labute approximate surface area is 128 Å². The second-order valence-electron chi connectivity index (χ2n) is 6.25. The highest BCUT2D eigenvalue weighted by Crippen LogP contribution is 2.38. The number of amidine groups is 1. The minimum atomic E-state index is -0.810. The van der Waals surface area contributed by atoms with Crippen LogP contribution in [0.5, 0.6) is 0 Å². The molecule has 0 atom stereocenters. The molecule has 1 aliphatic carbocycles. The summed E-state index contributed by atoms with van der Waals surface area (Å²) in [4.78, 5) is 4.51. The fourth-order valence-corrected chi connectivity index (χ4v) is 4.19. The third-order valence-electron chi connectivity index (χ3n) is 4.48. The zero-order chi connectivity index (χ0) is 14.9. The first-order valence-corrected chi connectivity index (χ1v) is 8.44. The van der Waals surface area contributed by atoms with E-state index < -0.39 is 11.6 Å². The molecule has 21 heavy (non-hydrogen) atoms. The highest BCUT2D eigenvalue weighted by molar-refractivity contribution is 8.14. The van der Waals surface area contributed by atoms with Gasteiger partial charge in [0.25, 0.3) is 0 Å². The van der Waals surface area contributed by atoms with E-state index in [9.17, 15) is 8.78 Å². The average Bonchev–Trinajstić information content (AvgIpc) is 2.87. The van der Waals surface area contributed by atoms with Crippen LogP contribution in [0.3, 0.4) is 0 Å². The van der Waals surface area contributed by atoms with E-state index in [1.54, 1.807) is 17.8 Å². The summed E-state index contributed by atoms with van der Waals surface area (Å²) in [6.45, 7) is 2.70. The van der Waals surface area contributed by atoms with Gasteiger partial charge >= 0.3 is 0 Å². The predicted octanol–water partition coefficient (Wildman–Crippen LogP) is 4.11. The van der Waals surface area contributed by atoms with Crippen molar-refractivity contribution < 1.29 is 8.78 Å². The Morgan fingerprint density at radius 1 is 1.29 bits per heavy atom. The van der Waals surface area contributed by atoms with Gasteiger partial charge in [0, 0.05) is 11.3 Å². The highest BCUT2D eigenvalue weighted by Gasteiger charge is 2.39. The lowest BCUT2D eigenvalue weighted by Crippen LogP contribution is -2.46. The molecule has 1 N–H and O–H groups in total. The van der Waals surface area contributed by atoms with Crippen molar-refractivity contribution in [3.05, 3.63) is 35.4 Å². The molecule has 1 spiro atoms.